The third kappa shape index (κ3) is 3.60. The van der Waals surface area contributed by atoms with Crippen molar-refractivity contribution in [1.82, 2.24) is 5.32 Å². The molecule has 124 valence electrons. The molecule has 0 unspecified atom stereocenters. The van der Waals surface area contributed by atoms with Gasteiger partial charge in [-0.2, -0.15) is 4.39 Å². The standard InChI is InChI=1S/C16H20FN3O3/c17-13-4-1-5-14(15(13)20(22)23)19-8-2-3-12(10-19)16(21)18-9-11-6-7-11/h1,4-5,11-12H,2-3,6-10H2,(H,18,21)/t12-/m1/s1. The van der Waals surface area contributed by atoms with Crippen molar-refractivity contribution < 1.29 is 14.1 Å². The Morgan fingerprint density at radius 2 is 2.17 bits per heavy atom. The second-order valence-electron chi connectivity index (χ2n) is 6.34. The van der Waals surface area contributed by atoms with Crippen molar-refractivity contribution in [2.45, 2.75) is 25.7 Å². The van der Waals surface area contributed by atoms with Gasteiger partial charge in [0.2, 0.25) is 11.7 Å². The zero-order chi connectivity index (χ0) is 16.4. The number of hydrogen-bond acceptors (Lipinski definition) is 4. The van der Waals surface area contributed by atoms with Crippen LogP contribution in [0.3, 0.4) is 0 Å². The van der Waals surface area contributed by atoms with E-state index in [2.05, 4.69) is 5.32 Å². The van der Waals surface area contributed by atoms with Gasteiger partial charge in [0.1, 0.15) is 5.69 Å². The van der Waals surface area contributed by atoms with E-state index in [9.17, 15) is 19.3 Å². The van der Waals surface area contributed by atoms with E-state index >= 15 is 0 Å². The second-order valence-corrected chi connectivity index (χ2v) is 6.34. The van der Waals surface area contributed by atoms with Gasteiger partial charge in [0, 0.05) is 19.6 Å². The molecule has 1 amide bonds. The first-order chi connectivity index (χ1) is 11.1. The largest absolute Gasteiger partial charge is 0.365 e. The third-order valence-electron chi connectivity index (χ3n) is 4.54. The molecular formula is C16H20FN3O3. The number of nitrogens with zero attached hydrogens (tertiary/aromatic N) is 2. The maximum Gasteiger partial charge on any atom is 0.327 e. The van der Waals surface area contributed by atoms with Gasteiger partial charge in [-0.05, 0) is 43.7 Å². The summed E-state index contributed by atoms with van der Waals surface area (Å²) >= 11 is 0. The number of amides is 1. The molecule has 7 heteroatoms. The van der Waals surface area contributed by atoms with Crippen LogP contribution in [0.5, 0.6) is 0 Å². The summed E-state index contributed by atoms with van der Waals surface area (Å²) in [5, 5.41) is 14.1. The van der Waals surface area contributed by atoms with Gasteiger partial charge in [-0.3, -0.25) is 14.9 Å². The minimum absolute atomic E-state index is 0.000608. The van der Waals surface area contributed by atoms with E-state index < -0.39 is 16.4 Å². The maximum atomic E-state index is 13.8. The fourth-order valence-corrected chi connectivity index (χ4v) is 3.06. The maximum absolute atomic E-state index is 13.8. The van der Waals surface area contributed by atoms with E-state index in [1.54, 1.807) is 11.0 Å². The molecular weight excluding hydrogens is 301 g/mol. The highest BCUT2D eigenvalue weighted by Crippen LogP contribution is 2.33. The van der Waals surface area contributed by atoms with Crippen molar-refractivity contribution in [3.05, 3.63) is 34.1 Å². The normalized spacial score (nSPS) is 21.1. The van der Waals surface area contributed by atoms with Crippen molar-refractivity contribution in [2.75, 3.05) is 24.5 Å². The Labute approximate surface area is 133 Å². The van der Waals surface area contributed by atoms with Crippen LogP contribution in [0.1, 0.15) is 25.7 Å². The van der Waals surface area contributed by atoms with Crippen LogP contribution in [-0.4, -0.2) is 30.5 Å². The lowest BCUT2D eigenvalue weighted by Crippen LogP contribution is -2.43. The molecule has 0 aromatic heterocycles. The molecule has 1 aliphatic heterocycles. The smallest absolute Gasteiger partial charge is 0.327 e. The van der Waals surface area contributed by atoms with Gasteiger partial charge in [0.25, 0.3) is 0 Å². The number of hydrogen-bond donors (Lipinski definition) is 1. The minimum atomic E-state index is -0.840. The lowest BCUT2D eigenvalue weighted by Gasteiger charge is -2.33. The summed E-state index contributed by atoms with van der Waals surface area (Å²) in [5.74, 6) is -0.429. The number of carbonyl (C=O) groups is 1. The van der Waals surface area contributed by atoms with Crippen LogP contribution in [0.2, 0.25) is 0 Å². The zero-order valence-corrected chi connectivity index (χ0v) is 12.8. The van der Waals surface area contributed by atoms with Crippen LogP contribution in [0, 0.1) is 27.8 Å². The summed E-state index contributed by atoms with van der Waals surface area (Å²) in [6.45, 7) is 1.70. The monoisotopic (exact) mass is 321 g/mol. The van der Waals surface area contributed by atoms with Crippen LogP contribution < -0.4 is 10.2 Å². The number of para-hydroxylation sites is 1. The number of halogens is 1. The number of nitro benzene ring substituents is 1. The molecule has 2 aliphatic rings. The fourth-order valence-electron chi connectivity index (χ4n) is 3.06. The number of carbonyl (C=O) groups excluding carboxylic acids is 1. The van der Waals surface area contributed by atoms with Gasteiger partial charge >= 0.3 is 5.69 Å². The van der Waals surface area contributed by atoms with Gasteiger partial charge in [-0.1, -0.05) is 6.07 Å². The van der Waals surface area contributed by atoms with E-state index in [-0.39, 0.29) is 17.5 Å². The molecule has 1 heterocycles. The fraction of sp³-hybridized carbons (Fsp3) is 0.562. The Morgan fingerprint density at radius 1 is 1.39 bits per heavy atom. The predicted octanol–water partition coefficient (Wildman–Crippen LogP) is 2.48. The molecule has 3 rings (SSSR count). The van der Waals surface area contributed by atoms with E-state index in [1.165, 1.54) is 18.9 Å². The number of nitrogens with one attached hydrogen (secondary N) is 1. The number of rotatable bonds is 5. The van der Waals surface area contributed by atoms with Gasteiger partial charge < -0.3 is 10.2 Å². The molecule has 0 radical (unpaired) electrons. The Morgan fingerprint density at radius 3 is 2.87 bits per heavy atom. The SMILES string of the molecule is O=C(NCC1CC1)[C@@H]1CCCN(c2cccc(F)c2[N+](=O)[O-])C1. The first-order valence-electron chi connectivity index (χ1n) is 8.02. The molecule has 1 aliphatic carbocycles. The molecule has 0 spiro atoms. The summed E-state index contributed by atoms with van der Waals surface area (Å²) < 4.78 is 13.8. The van der Waals surface area contributed by atoms with E-state index in [0.717, 1.165) is 25.5 Å². The van der Waals surface area contributed by atoms with E-state index in [0.29, 0.717) is 19.0 Å². The van der Waals surface area contributed by atoms with Crippen molar-refractivity contribution in [1.29, 1.82) is 0 Å². The Bertz CT molecular complexity index is 619. The highest BCUT2D eigenvalue weighted by molar-refractivity contribution is 5.80. The Hall–Kier alpha value is -2.18. The molecule has 2 fully saturated rings. The van der Waals surface area contributed by atoms with Crippen molar-refractivity contribution >= 4 is 17.3 Å². The lowest BCUT2D eigenvalue weighted by molar-refractivity contribution is -0.386. The molecule has 6 nitrogen and oxygen atoms in total. The first kappa shape index (κ1) is 15.7. The van der Waals surface area contributed by atoms with Gasteiger partial charge in [0.05, 0.1) is 10.8 Å². The van der Waals surface area contributed by atoms with Crippen molar-refractivity contribution in [3.8, 4) is 0 Å². The van der Waals surface area contributed by atoms with Gasteiger partial charge in [-0.15, -0.1) is 0 Å². The Balaban J connectivity index is 1.72. The van der Waals surface area contributed by atoms with Crippen LogP contribution in [0.25, 0.3) is 0 Å². The van der Waals surface area contributed by atoms with Crippen molar-refractivity contribution in [3.63, 3.8) is 0 Å². The second kappa shape index (κ2) is 6.52. The zero-order valence-electron chi connectivity index (χ0n) is 12.8. The summed E-state index contributed by atoms with van der Waals surface area (Å²) in [5.41, 5.74) is -0.249. The van der Waals surface area contributed by atoms with Gasteiger partial charge in [0.15, 0.2) is 0 Å². The highest BCUT2D eigenvalue weighted by atomic mass is 19.1. The van der Waals surface area contributed by atoms with Crippen LogP contribution in [0.4, 0.5) is 15.8 Å². The summed E-state index contributed by atoms with van der Waals surface area (Å²) in [7, 11) is 0. The highest BCUT2D eigenvalue weighted by Gasteiger charge is 2.31. The van der Waals surface area contributed by atoms with E-state index in [1.807, 2.05) is 0 Å². The Kier molecular flexibility index (Phi) is 4.45. The average molecular weight is 321 g/mol. The van der Waals surface area contributed by atoms with Crippen LogP contribution >= 0.6 is 0 Å². The molecule has 1 aromatic rings. The number of piperidine rings is 1. The molecule has 1 saturated carbocycles. The van der Waals surface area contributed by atoms with Crippen LogP contribution in [0.15, 0.2) is 18.2 Å². The number of benzene rings is 1. The summed E-state index contributed by atoms with van der Waals surface area (Å²) in [6.07, 6.45) is 3.87. The first-order valence-corrected chi connectivity index (χ1v) is 8.02. The topological polar surface area (TPSA) is 75.5 Å². The summed E-state index contributed by atoms with van der Waals surface area (Å²) in [6, 6.07) is 4.10. The molecule has 1 N–H and O–H groups in total. The van der Waals surface area contributed by atoms with Crippen molar-refractivity contribution in [2.24, 2.45) is 11.8 Å². The molecule has 0 bridgehead atoms. The third-order valence-corrected chi connectivity index (χ3v) is 4.54. The van der Waals surface area contributed by atoms with Gasteiger partial charge in [-0.25, -0.2) is 0 Å². The van der Waals surface area contributed by atoms with Crippen LogP contribution in [-0.2, 0) is 4.79 Å². The van der Waals surface area contributed by atoms with E-state index in [4.69, 9.17) is 0 Å². The minimum Gasteiger partial charge on any atom is -0.365 e. The quantitative estimate of drug-likeness (QED) is 0.668. The predicted molar refractivity (Wildman–Crippen MR) is 83.7 cm³/mol. The lowest BCUT2D eigenvalue weighted by atomic mass is 9.96. The molecule has 1 saturated heterocycles. The average Bonchev–Trinajstić information content (AvgIpc) is 3.36. The summed E-state index contributed by atoms with van der Waals surface area (Å²) in [4.78, 5) is 24.5. The molecule has 23 heavy (non-hydrogen) atoms. The number of nitro groups is 1. The number of anilines is 1. The molecule has 1 aromatic carbocycles. The molecule has 1 atom stereocenters.